The van der Waals surface area contributed by atoms with Crippen LogP contribution < -0.4 is 4.90 Å². The van der Waals surface area contributed by atoms with Crippen LogP contribution >= 0.6 is 0 Å². The van der Waals surface area contributed by atoms with Crippen molar-refractivity contribution in [1.82, 2.24) is 9.47 Å². The number of hydrogen-bond acceptors (Lipinski definition) is 2. The zero-order chi connectivity index (χ0) is 29.3. The highest BCUT2D eigenvalue weighted by atomic mass is 15.3. The molecule has 9 rings (SSSR count). The molecule has 1 aliphatic heterocycles. The molecule has 3 nitrogen and oxygen atoms in total. The fourth-order valence-corrected chi connectivity index (χ4v) is 7.70. The molecule has 2 heterocycles. The molecule has 0 fully saturated rings. The van der Waals surface area contributed by atoms with Crippen molar-refractivity contribution in [3.63, 3.8) is 0 Å². The predicted octanol–water partition coefficient (Wildman–Crippen LogP) is 9.33. The van der Waals surface area contributed by atoms with Gasteiger partial charge in [-0.25, -0.2) is 0 Å². The van der Waals surface area contributed by atoms with Gasteiger partial charge in [-0.3, -0.25) is 0 Å². The molecule has 0 unspecified atom stereocenters. The van der Waals surface area contributed by atoms with E-state index in [-0.39, 0.29) is 0 Å². The summed E-state index contributed by atoms with van der Waals surface area (Å²) in [6, 6.07) is 53.8. The van der Waals surface area contributed by atoms with Gasteiger partial charge in [-0.15, -0.1) is 0 Å². The van der Waals surface area contributed by atoms with E-state index in [1.165, 1.54) is 66.6 Å². The highest BCUT2D eigenvalue weighted by molar-refractivity contribution is 6.09. The zero-order valence-electron chi connectivity index (χ0n) is 24.6. The third-order valence-corrected chi connectivity index (χ3v) is 9.56. The maximum atomic E-state index is 2.46. The summed E-state index contributed by atoms with van der Waals surface area (Å²) in [6.45, 7) is 0.842. The second-order valence-corrected chi connectivity index (χ2v) is 12.0. The topological polar surface area (TPSA) is 11.4 Å². The Morgan fingerprint density at radius 2 is 1.14 bits per heavy atom. The number of hydrogen-bond donors (Lipinski definition) is 0. The highest BCUT2D eigenvalue weighted by Gasteiger charge is 2.46. The lowest BCUT2D eigenvalue weighted by Gasteiger charge is -2.34. The average molecular weight is 566 g/mol. The maximum Gasteiger partial charge on any atom is 0.0938 e. The Balaban J connectivity index is 1.37. The molecule has 6 aromatic carbocycles. The number of anilines is 1. The third-order valence-electron chi connectivity index (χ3n) is 9.56. The Hall–Kier alpha value is -5.54. The quantitative estimate of drug-likeness (QED) is 0.211. The molecule has 0 atom stereocenters. The first-order valence-corrected chi connectivity index (χ1v) is 15.3. The molecule has 44 heavy (non-hydrogen) atoms. The molecule has 210 valence electrons. The fourth-order valence-electron chi connectivity index (χ4n) is 7.70. The van der Waals surface area contributed by atoms with Gasteiger partial charge in [-0.1, -0.05) is 103 Å². The molecule has 1 aliphatic carbocycles. The van der Waals surface area contributed by atoms with Gasteiger partial charge in [0.15, 0.2) is 0 Å². The first kappa shape index (κ1) is 25.0. The number of para-hydroxylation sites is 2. The van der Waals surface area contributed by atoms with Gasteiger partial charge in [0.25, 0.3) is 0 Å². The molecule has 0 spiro atoms. The van der Waals surface area contributed by atoms with Crippen LogP contribution in [0.2, 0.25) is 0 Å². The molecule has 0 radical (unpaired) electrons. The van der Waals surface area contributed by atoms with Gasteiger partial charge < -0.3 is 14.4 Å². The minimum atomic E-state index is -0.470. The summed E-state index contributed by atoms with van der Waals surface area (Å²) in [5.41, 5.74) is 12.2. The summed E-state index contributed by atoms with van der Waals surface area (Å²) in [6.07, 6.45) is 4.31. The number of benzene rings is 6. The fraction of sp³-hybridized carbons (Fsp3) is 0.0732. The number of rotatable bonds is 4. The van der Waals surface area contributed by atoms with Crippen molar-refractivity contribution in [2.24, 2.45) is 0 Å². The first-order chi connectivity index (χ1) is 21.7. The van der Waals surface area contributed by atoms with E-state index in [0.717, 1.165) is 6.67 Å². The molecule has 0 bridgehead atoms. The smallest absolute Gasteiger partial charge is 0.0938 e. The second kappa shape index (κ2) is 9.48. The molecule has 0 N–H and O–H groups in total. The summed E-state index contributed by atoms with van der Waals surface area (Å²) in [7, 11) is 2.12. The van der Waals surface area contributed by atoms with Gasteiger partial charge in [-0.2, -0.15) is 0 Å². The SMILES string of the molecule is CN1C=CN(c2cccc(C3(c4ccc5c(c4)c4ccccc4n5-c4ccccc4)c4ccccc4-c4ccccc43)c2)C1. The molecule has 3 heteroatoms. The van der Waals surface area contributed by atoms with Crippen molar-refractivity contribution in [3.8, 4) is 16.8 Å². The summed E-state index contributed by atoms with van der Waals surface area (Å²) >= 11 is 0. The van der Waals surface area contributed by atoms with Crippen LogP contribution in [0.15, 0.2) is 158 Å². The summed E-state index contributed by atoms with van der Waals surface area (Å²) in [5.74, 6) is 0. The lowest BCUT2D eigenvalue weighted by molar-refractivity contribution is 0.495. The standard InChI is InChI=1S/C41H31N3/c1-42-24-25-43(28-42)32-15-11-12-29(26-32)41(37-19-8-5-16-33(37)34-17-6-9-20-38(34)41)30-22-23-40-36(27-30)35-18-7-10-21-39(35)44(40)31-13-3-2-4-14-31/h2-27H,28H2,1H3. The van der Waals surface area contributed by atoms with Crippen LogP contribution in [0.25, 0.3) is 38.6 Å². The van der Waals surface area contributed by atoms with E-state index in [1.54, 1.807) is 0 Å². The lowest BCUT2D eigenvalue weighted by atomic mass is 9.67. The monoisotopic (exact) mass is 565 g/mol. The summed E-state index contributed by atoms with van der Waals surface area (Å²) < 4.78 is 2.40. The molecule has 0 saturated carbocycles. The van der Waals surface area contributed by atoms with Crippen LogP contribution in [0.1, 0.15) is 22.3 Å². The molecular weight excluding hydrogens is 534 g/mol. The van der Waals surface area contributed by atoms with E-state index in [2.05, 4.69) is 179 Å². The highest BCUT2D eigenvalue weighted by Crippen LogP contribution is 2.56. The van der Waals surface area contributed by atoms with E-state index < -0.39 is 5.41 Å². The van der Waals surface area contributed by atoms with Crippen molar-refractivity contribution in [2.45, 2.75) is 5.41 Å². The van der Waals surface area contributed by atoms with E-state index >= 15 is 0 Å². The maximum absolute atomic E-state index is 2.46. The van der Waals surface area contributed by atoms with Gasteiger partial charge in [0, 0.05) is 41.6 Å². The Bertz CT molecular complexity index is 2190. The van der Waals surface area contributed by atoms with Crippen LogP contribution in [0.3, 0.4) is 0 Å². The third kappa shape index (κ3) is 3.44. The zero-order valence-corrected chi connectivity index (χ0v) is 24.6. The van der Waals surface area contributed by atoms with Crippen molar-refractivity contribution in [3.05, 3.63) is 180 Å². The van der Waals surface area contributed by atoms with Crippen LogP contribution in [0.4, 0.5) is 5.69 Å². The predicted molar refractivity (Wildman–Crippen MR) is 182 cm³/mol. The first-order valence-electron chi connectivity index (χ1n) is 15.3. The van der Waals surface area contributed by atoms with Crippen molar-refractivity contribution in [2.75, 3.05) is 18.6 Å². The van der Waals surface area contributed by atoms with Gasteiger partial charge >= 0.3 is 0 Å². The van der Waals surface area contributed by atoms with Crippen molar-refractivity contribution < 1.29 is 0 Å². The summed E-state index contributed by atoms with van der Waals surface area (Å²) in [4.78, 5) is 4.53. The van der Waals surface area contributed by atoms with Gasteiger partial charge in [0.05, 0.1) is 23.1 Å². The van der Waals surface area contributed by atoms with Gasteiger partial charge in [-0.05, 0) is 75.8 Å². The largest absolute Gasteiger partial charge is 0.361 e. The second-order valence-electron chi connectivity index (χ2n) is 12.0. The Morgan fingerprint density at radius 1 is 0.500 bits per heavy atom. The Kier molecular flexibility index (Phi) is 5.39. The van der Waals surface area contributed by atoms with Crippen LogP contribution in [0.5, 0.6) is 0 Å². The average Bonchev–Trinajstić information content (AvgIpc) is 3.76. The molecular formula is C41H31N3. The molecule has 2 aliphatic rings. The lowest BCUT2D eigenvalue weighted by Crippen LogP contribution is -2.29. The van der Waals surface area contributed by atoms with E-state index in [9.17, 15) is 0 Å². The molecule has 0 saturated heterocycles. The number of fused-ring (bicyclic) bond motifs is 6. The minimum absolute atomic E-state index is 0.470. The van der Waals surface area contributed by atoms with E-state index in [1.807, 2.05) is 0 Å². The van der Waals surface area contributed by atoms with Crippen LogP contribution in [-0.2, 0) is 5.41 Å². The van der Waals surface area contributed by atoms with E-state index in [4.69, 9.17) is 0 Å². The van der Waals surface area contributed by atoms with Crippen LogP contribution in [-0.4, -0.2) is 23.2 Å². The normalized spacial score (nSPS) is 14.8. The number of nitrogens with zero attached hydrogens (tertiary/aromatic N) is 3. The molecule has 1 aromatic heterocycles. The van der Waals surface area contributed by atoms with Crippen molar-refractivity contribution in [1.29, 1.82) is 0 Å². The number of aromatic nitrogens is 1. The Labute approximate surface area is 257 Å². The Morgan fingerprint density at radius 3 is 1.89 bits per heavy atom. The molecule has 0 amide bonds. The van der Waals surface area contributed by atoms with Crippen molar-refractivity contribution >= 4 is 27.5 Å². The summed E-state index contributed by atoms with van der Waals surface area (Å²) in [5, 5.41) is 2.53. The van der Waals surface area contributed by atoms with Gasteiger partial charge in [0.1, 0.15) is 0 Å². The minimum Gasteiger partial charge on any atom is -0.361 e. The molecule has 7 aromatic rings. The van der Waals surface area contributed by atoms with E-state index in [0.29, 0.717) is 0 Å². The van der Waals surface area contributed by atoms with Gasteiger partial charge in [0.2, 0.25) is 0 Å². The van der Waals surface area contributed by atoms with Crippen LogP contribution in [0, 0.1) is 0 Å².